The number of aldehydes is 1. The smallest absolute Gasteiger partial charge is 0.272 e. The van der Waals surface area contributed by atoms with Gasteiger partial charge in [-0.25, -0.2) is 5.10 Å². The molecule has 4 aromatic rings. The molecule has 0 aliphatic carbocycles. The highest BCUT2D eigenvalue weighted by molar-refractivity contribution is 5.97. The van der Waals surface area contributed by atoms with Gasteiger partial charge in [-0.05, 0) is 23.3 Å². The Labute approximate surface area is 161 Å². The van der Waals surface area contributed by atoms with Crippen LogP contribution in [0, 0.1) is 0 Å². The van der Waals surface area contributed by atoms with E-state index < -0.39 is 0 Å². The number of hydrogen-bond acceptors (Lipinski definition) is 4. The number of nitrogens with one attached hydrogen (secondary N) is 2. The quantitative estimate of drug-likeness (QED) is 0.536. The SMILES string of the molecule is O=Cc1ccc(C2c3n[nH]c(=O)c4cccc(c34)NC2c2ccccc2)cc1. The molecule has 2 N–H and O–H groups in total. The van der Waals surface area contributed by atoms with Gasteiger partial charge in [0.05, 0.1) is 23.0 Å². The summed E-state index contributed by atoms with van der Waals surface area (Å²) in [6.45, 7) is 0. The molecule has 1 aliphatic heterocycles. The maximum atomic E-state index is 12.3. The molecule has 2 unspecified atom stereocenters. The van der Waals surface area contributed by atoms with Crippen molar-refractivity contribution >= 4 is 22.7 Å². The van der Waals surface area contributed by atoms with Gasteiger partial charge < -0.3 is 5.32 Å². The molecule has 5 rings (SSSR count). The lowest BCUT2D eigenvalue weighted by Crippen LogP contribution is -2.28. The van der Waals surface area contributed by atoms with Crippen LogP contribution in [0.25, 0.3) is 10.8 Å². The van der Waals surface area contributed by atoms with Crippen molar-refractivity contribution in [3.05, 3.63) is 106 Å². The van der Waals surface area contributed by atoms with Gasteiger partial charge >= 0.3 is 0 Å². The molecule has 0 saturated heterocycles. The molecule has 1 aliphatic rings. The van der Waals surface area contributed by atoms with Crippen molar-refractivity contribution in [1.29, 1.82) is 0 Å². The molecule has 2 atom stereocenters. The zero-order valence-electron chi connectivity index (χ0n) is 14.9. The highest BCUT2D eigenvalue weighted by atomic mass is 16.1. The average molecular weight is 367 g/mol. The van der Waals surface area contributed by atoms with Crippen LogP contribution in [0.5, 0.6) is 0 Å². The van der Waals surface area contributed by atoms with E-state index in [9.17, 15) is 9.59 Å². The number of nitrogens with zero attached hydrogens (tertiary/aromatic N) is 1. The minimum Gasteiger partial charge on any atom is -0.377 e. The number of rotatable bonds is 3. The molecule has 0 spiro atoms. The Morgan fingerprint density at radius 1 is 0.857 bits per heavy atom. The molecule has 0 radical (unpaired) electrons. The van der Waals surface area contributed by atoms with Crippen molar-refractivity contribution in [2.45, 2.75) is 12.0 Å². The summed E-state index contributed by atoms with van der Waals surface area (Å²) in [4.78, 5) is 23.4. The second kappa shape index (κ2) is 6.46. The number of carbonyl (C=O) groups is 1. The van der Waals surface area contributed by atoms with Gasteiger partial charge in [0.1, 0.15) is 6.29 Å². The molecule has 3 aromatic carbocycles. The lowest BCUT2D eigenvalue weighted by atomic mass is 9.80. The lowest BCUT2D eigenvalue weighted by molar-refractivity contribution is 0.112. The Kier molecular flexibility index (Phi) is 3.79. The fourth-order valence-electron chi connectivity index (χ4n) is 4.07. The Morgan fingerprint density at radius 2 is 1.64 bits per heavy atom. The average Bonchev–Trinajstić information content (AvgIpc) is 2.76. The third-order valence-electron chi connectivity index (χ3n) is 5.37. The van der Waals surface area contributed by atoms with Gasteiger partial charge in [-0.3, -0.25) is 9.59 Å². The second-order valence-corrected chi connectivity index (χ2v) is 6.96. The van der Waals surface area contributed by atoms with Gasteiger partial charge in [-0.2, -0.15) is 5.10 Å². The summed E-state index contributed by atoms with van der Waals surface area (Å²) in [5.74, 6) is -0.114. The normalized spacial score (nSPS) is 17.9. The molecule has 5 nitrogen and oxygen atoms in total. The first-order valence-electron chi connectivity index (χ1n) is 9.14. The predicted octanol–water partition coefficient (Wildman–Crippen LogP) is 4.03. The first-order valence-corrected chi connectivity index (χ1v) is 9.14. The van der Waals surface area contributed by atoms with Gasteiger partial charge in [-0.1, -0.05) is 60.7 Å². The van der Waals surface area contributed by atoms with Gasteiger partial charge in [0, 0.05) is 16.6 Å². The summed E-state index contributed by atoms with van der Waals surface area (Å²) in [5.41, 5.74) is 4.32. The molecule has 28 heavy (non-hydrogen) atoms. The maximum Gasteiger partial charge on any atom is 0.272 e. The van der Waals surface area contributed by atoms with Crippen LogP contribution >= 0.6 is 0 Å². The molecule has 5 heteroatoms. The van der Waals surface area contributed by atoms with Crippen molar-refractivity contribution in [2.24, 2.45) is 0 Å². The summed E-state index contributed by atoms with van der Waals surface area (Å²) in [6, 6.07) is 23.4. The molecule has 136 valence electrons. The van der Waals surface area contributed by atoms with E-state index in [4.69, 9.17) is 0 Å². The van der Waals surface area contributed by atoms with Crippen LogP contribution in [0.15, 0.2) is 77.6 Å². The van der Waals surface area contributed by atoms with Crippen LogP contribution in [0.4, 0.5) is 5.69 Å². The van der Waals surface area contributed by atoms with E-state index >= 15 is 0 Å². The van der Waals surface area contributed by atoms with Crippen molar-refractivity contribution < 1.29 is 4.79 Å². The molecule has 0 fully saturated rings. The van der Waals surface area contributed by atoms with Crippen LogP contribution in [-0.4, -0.2) is 16.5 Å². The zero-order valence-corrected chi connectivity index (χ0v) is 14.9. The van der Waals surface area contributed by atoms with E-state index in [-0.39, 0.29) is 17.5 Å². The first kappa shape index (κ1) is 16.4. The van der Waals surface area contributed by atoms with Crippen LogP contribution in [0.1, 0.15) is 39.1 Å². The molecule has 1 aromatic heterocycles. The number of carbonyl (C=O) groups excluding carboxylic acids is 1. The first-order chi connectivity index (χ1) is 13.8. The van der Waals surface area contributed by atoms with Crippen LogP contribution in [0.3, 0.4) is 0 Å². The monoisotopic (exact) mass is 367 g/mol. The van der Waals surface area contributed by atoms with E-state index in [1.54, 1.807) is 0 Å². The number of benzene rings is 3. The summed E-state index contributed by atoms with van der Waals surface area (Å²) in [7, 11) is 0. The van der Waals surface area contributed by atoms with E-state index in [1.165, 1.54) is 0 Å². The lowest BCUT2D eigenvalue weighted by Gasteiger charge is -2.34. The molecular weight excluding hydrogens is 350 g/mol. The van der Waals surface area contributed by atoms with E-state index in [1.807, 2.05) is 60.7 Å². The predicted molar refractivity (Wildman–Crippen MR) is 109 cm³/mol. The topological polar surface area (TPSA) is 74.8 Å². The van der Waals surface area contributed by atoms with Gasteiger partial charge in [0.25, 0.3) is 5.56 Å². The number of H-pyrrole nitrogens is 1. The van der Waals surface area contributed by atoms with Crippen molar-refractivity contribution in [3.8, 4) is 0 Å². The highest BCUT2D eigenvalue weighted by Gasteiger charge is 2.34. The van der Waals surface area contributed by atoms with Gasteiger partial charge in [0.2, 0.25) is 0 Å². The third kappa shape index (κ3) is 2.52. The van der Waals surface area contributed by atoms with Gasteiger partial charge in [0.15, 0.2) is 0 Å². The van der Waals surface area contributed by atoms with Crippen LogP contribution in [-0.2, 0) is 0 Å². The minimum absolute atomic E-state index is 0.0558. The third-order valence-corrected chi connectivity index (χ3v) is 5.37. The Bertz CT molecular complexity index is 1230. The standard InChI is InChI=1S/C23H17N3O2/c27-13-14-9-11-15(12-10-14)19-21(16-5-2-1-3-6-16)24-18-8-4-7-17-20(18)22(19)25-26-23(17)28/h1-13,19,21,24H,(H,26,28). The number of anilines is 1. The Hall–Kier alpha value is -3.73. The number of hydrogen-bond donors (Lipinski definition) is 2. The molecular formula is C23H17N3O2. The zero-order chi connectivity index (χ0) is 19.1. The Morgan fingerprint density at radius 3 is 2.39 bits per heavy atom. The molecule has 0 bridgehead atoms. The van der Waals surface area contributed by atoms with Crippen molar-refractivity contribution in [2.75, 3.05) is 5.32 Å². The van der Waals surface area contributed by atoms with Crippen molar-refractivity contribution in [1.82, 2.24) is 10.2 Å². The van der Waals surface area contributed by atoms with Crippen LogP contribution < -0.4 is 10.9 Å². The van der Waals surface area contributed by atoms with E-state index in [0.29, 0.717) is 10.9 Å². The summed E-state index contributed by atoms with van der Waals surface area (Å²) < 4.78 is 0. The molecule has 0 amide bonds. The van der Waals surface area contributed by atoms with Crippen LogP contribution in [0.2, 0.25) is 0 Å². The fraction of sp³-hybridized carbons (Fsp3) is 0.0870. The summed E-state index contributed by atoms with van der Waals surface area (Å²) >= 11 is 0. The number of aromatic amines is 1. The van der Waals surface area contributed by atoms with Crippen molar-refractivity contribution in [3.63, 3.8) is 0 Å². The second-order valence-electron chi connectivity index (χ2n) is 6.96. The molecule has 0 saturated carbocycles. The molecule has 2 heterocycles. The Balaban J connectivity index is 1.78. The maximum absolute atomic E-state index is 12.3. The minimum atomic E-state index is -0.199. The summed E-state index contributed by atoms with van der Waals surface area (Å²) in [6.07, 6.45) is 0.837. The summed E-state index contributed by atoms with van der Waals surface area (Å²) in [5, 5.41) is 12.2. The number of aromatic nitrogens is 2. The van der Waals surface area contributed by atoms with Gasteiger partial charge in [-0.15, -0.1) is 0 Å². The highest BCUT2D eigenvalue weighted by Crippen LogP contribution is 2.46. The van der Waals surface area contributed by atoms with E-state index in [0.717, 1.165) is 34.2 Å². The van der Waals surface area contributed by atoms with E-state index in [2.05, 4.69) is 27.6 Å². The fourth-order valence-corrected chi connectivity index (χ4v) is 4.07. The largest absolute Gasteiger partial charge is 0.377 e.